The zero-order chi connectivity index (χ0) is 21.8. The van der Waals surface area contributed by atoms with Gasteiger partial charge in [0, 0.05) is 31.6 Å². The molecule has 1 aliphatic heterocycles. The maximum absolute atomic E-state index is 13.2. The second kappa shape index (κ2) is 9.38. The molecule has 1 aliphatic rings. The van der Waals surface area contributed by atoms with Crippen molar-refractivity contribution in [3.05, 3.63) is 76.1 Å². The number of pyridine rings is 1. The van der Waals surface area contributed by atoms with Gasteiger partial charge in [-0.05, 0) is 62.3 Å². The van der Waals surface area contributed by atoms with Crippen molar-refractivity contribution in [2.75, 3.05) is 19.7 Å². The molecule has 3 aromatic rings. The van der Waals surface area contributed by atoms with Crippen molar-refractivity contribution in [2.24, 2.45) is 13.0 Å². The smallest absolute Gasteiger partial charge is 0.254 e. The fourth-order valence-corrected chi connectivity index (χ4v) is 4.47. The van der Waals surface area contributed by atoms with Crippen molar-refractivity contribution in [1.82, 2.24) is 9.47 Å². The van der Waals surface area contributed by atoms with Gasteiger partial charge in [0.2, 0.25) is 0 Å². The minimum absolute atomic E-state index is 0.0288. The first-order valence-corrected chi connectivity index (χ1v) is 11.2. The summed E-state index contributed by atoms with van der Waals surface area (Å²) in [4.78, 5) is 27.5. The number of ether oxygens (including phenoxy) is 1. The Bertz CT molecular complexity index is 1110. The number of para-hydroxylation sites is 1. The molecule has 0 radical (unpaired) electrons. The van der Waals surface area contributed by atoms with Crippen LogP contribution in [0.2, 0.25) is 0 Å². The van der Waals surface area contributed by atoms with Gasteiger partial charge in [-0.25, -0.2) is 0 Å². The maximum Gasteiger partial charge on any atom is 0.254 e. The Balaban J connectivity index is 1.37. The summed E-state index contributed by atoms with van der Waals surface area (Å²) in [6, 6.07) is 17.5. The molecule has 0 bridgehead atoms. The Hall–Kier alpha value is -3.08. The lowest BCUT2D eigenvalue weighted by atomic mass is 9.90. The van der Waals surface area contributed by atoms with Gasteiger partial charge in [0.1, 0.15) is 5.75 Å². The van der Waals surface area contributed by atoms with Crippen LogP contribution in [0.4, 0.5) is 0 Å². The van der Waals surface area contributed by atoms with E-state index in [1.54, 1.807) is 11.6 Å². The monoisotopic (exact) mass is 418 g/mol. The molecule has 1 fully saturated rings. The largest absolute Gasteiger partial charge is 0.494 e. The third-order valence-electron chi connectivity index (χ3n) is 6.36. The third-order valence-corrected chi connectivity index (χ3v) is 6.36. The van der Waals surface area contributed by atoms with E-state index in [0.717, 1.165) is 55.4 Å². The van der Waals surface area contributed by atoms with Crippen molar-refractivity contribution in [3.8, 4) is 5.75 Å². The quantitative estimate of drug-likeness (QED) is 0.595. The second-order valence-electron chi connectivity index (χ2n) is 8.32. The number of nitrogens with zero attached hydrogens (tertiary/aromatic N) is 2. The first-order chi connectivity index (χ1) is 15.1. The van der Waals surface area contributed by atoms with Gasteiger partial charge in [-0.1, -0.05) is 30.3 Å². The lowest BCUT2D eigenvalue weighted by molar-refractivity contribution is 0.0688. The van der Waals surface area contributed by atoms with Gasteiger partial charge in [0.15, 0.2) is 0 Å². The van der Waals surface area contributed by atoms with Crippen LogP contribution < -0.4 is 10.3 Å². The summed E-state index contributed by atoms with van der Waals surface area (Å²) >= 11 is 0. The van der Waals surface area contributed by atoms with Crippen molar-refractivity contribution < 1.29 is 9.53 Å². The topological polar surface area (TPSA) is 51.5 Å². The molecule has 162 valence electrons. The number of aromatic nitrogens is 1. The van der Waals surface area contributed by atoms with Gasteiger partial charge in [-0.3, -0.25) is 9.59 Å². The van der Waals surface area contributed by atoms with Crippen LogP contribution in [0.5, 0.6) is 5.75 Å². The highest BCUT2D eigenvalue weighted by molar-refractivity contribution is 6.06. The third kappa shape index (κ3) is 4.66. The Morgan fingerprint density at radius 2 is 1.77 bits per heavy atom. The van der Waals surface area contributed by atoms with E-state index in [1.165, 1.54) is 11.6 Å². The van der Waals surface area contributed by atoms with Crippen LogP contribution in [0.1, 0.15) is 42.1 Å². The first-order valence-electron chi connectivity index (χ1n) is 11.2. The molecule has 0 unspecified atom stereocenters. The highest BCUT2D eigenvalue weighted by atomic mass is 16.5. The van der Waals surface area contributed by atoms with Crippen LogP contribution in [-0.2, 0) is 13.5 Å². The molecule has 1 saturated heterocycles. The Labute approximate surface area is 183 Å². The maximum atomic E-state index is 13.2. The zero-order valence-electron chi connectivity index (χ0n) is 18.3. The number of likely N-dealkylation sites (tertiary alicyclic amines) is 1. The van der Waals surface area contributed by atoms with Crippen molar-refractivity contribution in [2.45, 2.75) is 32.6 Å². The summed E-state index contributed by atoms with van der Waals surface area (Å²) in [5.74, 6) is 1.51. The van der Waals surface area contributed by atoms with E-state index in [9.17, 15) is 9.59 Å². The van der Waals surface area contributed by atoms with E-state index in [1.807, 2.05) is 48.2 Å². The highest BCUT2D eigenvalue weighted by Crippen LogP contribution is 2.25. The lowest BCUT2D eigenvalue weighted by Gasteiger charge is -2.32. The second-order valence-corrected chi connectivity index (χ2v) is 8.32. The van der Waals surface area contributed by atoms with E-state index in [-0.39, 0.29) is 11.5 Å². The SMILES string of the molecule is CCOc1ccc(CCC2CCN(C(=O)c3cc(=O)n(C)c4ccccc34)CC2)cc1. The summed E-state index contributed by atoms with van der Waals surface area (Å²) in [6.45, 7) is 4.17. The predicted octanol–water partition coefficient (Wildman–Crippen LogP) is 4.42. The fourth-order valence-electron chi connectivity index (χ4n) is 4.47. The number of amides is 1. The lowest BCUT2D eigenvalue weighted by Crippen LogP contribution is -2.39. The first kappa shape index (κ1) is 21.2. The van der Waals surface area contributed by atoms with Crippen molar-refractivity contribution >= 4 is 16.8 Å². The molecular weight excluding hydrogens is 388 g/mol. The summed E-state index contributed by atoms with van der Waals surface area (Å²) in [7, 11) is 1.74. The van der Waals surface area contributed by atoms with Gasteiger partial charge < -0.3 is 14.2 Å². The van der Waals surface area contributed by atoms with Gasteiger partial charge in [0.05, 0.1) is 17.7 Å². The minimum Gasteiger partial charge on any atom is -0.494 e. The van der Waals surface area contributed by atoms with Crippen LogP contribution in [-0.4, -0.2) is 35.1 Å². The number of benzene rings is 2. The number of carbonyl (C=O) groups excluding carboxylic acids is 1. The number of fused-ring (bicyclic) bond motifs is 1. The molecule has 31 heavy (non-hydrogen) atoms. The standard InChI is InChI=1S/C26H30N2O3/c1-3-31-21-12-10-19(11-13-21)8-9-20-14-16-28(17-15-20)26(30)23-18-25(29)27(2)24-7-5-4-6-22(23)24/h4-7,10-13,18,20H,3,8-9,14-17H2,1-2H3. The Morgan fingerprint density at radius 1 is 1.06 bits per heavy atom. The number of rotatable bonds is 6. The summed E-state index contributed by atoms with van der Waals surface area (Å²) in [6.07, 6.45) is 4.19. The Morgan fingerprint density at radius 3 is 2.48 bits per heavy atom. The number of hydrogen-bond donors (Lipinski definition) is 0. The van der Waals surface area contributed by atoms with Gasteiger partial charge in [-0.2, -0.15) is 0 Å². The molecule has 0 atom stereocenters. The Kier molecular flexibility index (Phi) is 6.40. The molecule has 2 heterocycles. The van der Waals surface area contributed by atoms with E-state index < -0.39 is 0 Å². The molecule has 0 aliphatic carbocycles. The van der Waals surface area contributed by atoms with Gasteiger partial charge in [-0.15, -0.1) is 0 Å². The van der Waals surface area contributed by atoms with Crippen LogP contribution in [0, 0.1) is 5.92 Å². The van der Waals surface area contributed by atoms with E-state index in [0.29, 0.717) is 18.1 Å². The molecule has 0 N–H and O–H groups in total. The van der Waals surface area contributed by atoms with Crippen LogP contribution in [0.25, 0.3) is 10.9 Å². The molecule has 5 heteroatoms. The van der Waals surface area contributed by atoms with Crippen LogP contribution in [0.15, 0.2) is 59.4 Å². The summed E-state index contributed by atoms with van der Waals surface area (Å²) in [5, 5.41) is 0.840. The van der Waals surface area contributed by atoms with Crippen molar-refractivity contribution in [1.29, 1.82) is 0 Å². The molecule has 1 aromatic heterocycles. The van der Waals surface area contributed by atoms with E-state index in [2.05, 4.69) is 12.1 Å². The normalized spacial score (nSPS) is 14.7. The van der Waals surface area contributed by atoms with Gasteiger partial charge >= 0.3 is 0 Å². The van der Waals surface area contributed by atoms with Crippen molar-refractivity contribution in [3.63, 3.8) is 0 Å². The molecular formula is C26H30N2O3. The number of piperidine rings is 1. The fraction of sp³-hybridized carbons (Fsp3) is 0.385. The van der Waals surface area contributed by atoms with E-state index in [4.69, 9.17) is 4.74 Å². The van der Waals surface area contributed by atoms with Crippen LogP contribution in [0.3, 0.4) is 0 Å². The highest BCUT2D eigenvalue weighted by Gasteiger charge is 2.25. The summed E-state index contributed by atoms with van der Waals surface area (Å²) < 4.78 is 7.10. The summed E-state index contributed by atoms with van der Waals surface area (Å²) in [5.41, 5.74) is 2.50. The molecule has 0 saturated carbocycles. The average Bonchev–Trinajstić information content (AvgIpc) is 2.81. The van der Waals surface area contributed by atoms with Crippen LogP contribution >= 0.6 is 0 Å². The molecule has 0 spiro atoms. The molecule has 1 amide bonds. The molecule has 2 aromatic carbocycles. The number of aryl methyl sites for hydroxylation is 2. The molecule has 4 rings (SSSR count). The zero-order valence-corrected chi connectivity index (χ0v) is 18.3. The van der Waals surface area contributed by atoms with E-state index >= 15 is 0 Å². The predicted molar refractivity (Wildman–Crippen MR) is 124 cm³/mol. The average molecular weight is 419 g/mol. The number of hydrogen-bond acceptors (Lipinski definition) is 3. The number of carbonyl (C=O) groups is 1. The van der Waals surface area contributed by atoms with Gasteiger partial charge in [0.25, 0.3) is 11.5 Å². The minimum atomic E-state index is -0.146. The molecule has 5 nitrogen and oxygen atoms in total.